The summed E-state index contributed by atoms with van der Waals surface area (Å²) in [6.45, 7) is 6.92. The molecule has 0 aromatic heterocycles. The smallest absolute Gasteiger partial charge is 0.193 e. The van der Waals surface area contributed by atoms with E-state index >= 15 is 0 Å². The minimum Gasteiger partial charge on any atom is -0.382 e. The number of nitrogens with zero attached hydrogens (tertiary/aromatic N) is 2. The van der Waals surface area contributed by atoms with E-state index in [1.54, 1.807) is 7.11 Å². The van der Waals surface area contributed by atoms with Crippen molar-refractivity contribution in [2.24, 2.45) is 10.9 Å². The van der Waals surface area contributed by atoms with Gasteiger partial charge in [0, 0.05) is 39.2 Å². The minimum absolute atomic E-state index is 0. The molecule has 0 bridgehead atoms. The van der Waals surface area contributed by atoms with Crippen molar-refractivity contribution in [1.29, 1.82) is 0 Å². The van der Waals surface area contributed by atoms with Crippen LogP contribution in [0.25, 0.3) is 0 Å². The molecule has 1 aliphatic rings. The van der Waals surface area contributed by atoms with Crippen LogP contribution in [0.15, 0.2) is 23.2 Å². The van der Waals surface area contributed by atoms with Crippen molar-refractivity contribution >= 4 is 29.9 Å². The number of hydrogen-bond acceptors (Lipinski definition) is 3. The molecular weight excluding hydrogens is 467 g/mol. The SMILES string of the molecule is CCNC(=NCCc1cc(F)ccc1F)N1CCC(COCCOC)C1.I. The summed E-state index contributed by atoms with van der Waals surface area (Å²) in [5, 5.41) is 3.28. The second-order valence-electron chi connectivity index (χ2n) is 6.39. The number of halogens is 3. The summed E-state index contributed by atoms with van der Waals surface area (Å²) in [7, 11) is 1.66. The predicted molar refractivity (Wildman–Crippen MR) is 114 cm³/mol. The molecule has 1 N–H and O–H groups in total. The highest BCUT2D eigenvalue weighted by atomic mass is 127. The van der Waals surface area contributed by atoms with E-state index in [1.165, 1.54) is 6.07 Å². The lowest BCUT2D eigenvalue weighted by atomic mass is 10.1. The predicted octanol–water partition coefficient (Wildman–Crippen LogP) is 3.08. The maximum Gasteiger partial charge on any atom is 0.193 e. The molecule has 27 heavy (non-hydrogen) atoms. The fourth-order valence-electron chi connectivity index (χ4n) is 3.00. The maximum atomic E-state index is 13.7. The van der Waals surface area contributed by atoms with Crippen LogP contribution < -0.4 is 5.32 Å². The molecule has 0 amide bonds. The monoisotopic (exact) mass is 497 g/mol. The van der Waals surface area contributed by atoms with Crippen LogP contribution in [-0.4, -0.2) is 64.0 Å². The van der Waals surface area contributed by atoms with Crippen molar-refractivity contribution in [3.05, 3.63) is 35.4 Å². The molecule has 0 spiro atoms. The van der Waals surface area contributed by atoms with E-state index in [9.17, 15) is 8.78 Å². The first-order valence-corrected chi connectivity index (χ1v) is 9.18. The molecule has 1 unspecified atom stereocenters. The summed E-state index contributed by atoms with van der Waals surface area (Å²) >= 11 is 0. The molecule has 1 saturated heterocycles. The van der Waals surface area contributed by atoms with Crippen molar-refractivity contribution in [1.82, 2.24) is 10.2 Å². The topological polar surface area (TPSA) is 46.1 Å². The third-order valence-corrected chi connectivity index (χ3v) is 4.36. The molecule has 5 nitrogen and oxygen atoms in total. The lowest BCUT2D eigenvalue weighted by molar-refractivity contribution is 0.0536. The summed E-state index contributed by atoms with van der Waals surface area (Å²) in [6.07, 6.45) is 1.42. The zero-order valence-corrected chi connectivity index (χ0v) is 18.4. The van der Waals surface area contributed by atoms with Gasteiger partial charge in [-0.25, -0.2) is 8.78 Å². The summed E-state index contributed by atoms with van der Waals surface area (Å²) in [4.78, 5) is 6.79. The fraction of sp³-hybridized carbons (Fsp3) is 0.632. The average molecular weight is 497 g/mol. The van der Waals surface area contributed by atoms with E-state index < -0.39 is 5.82 Å². The number of guanidine groups is 1. The molecule has 1 aromatic carbocycles. The minimum atomic E-state index is -0.423. The van der Waals surface area contributed by atoms with Crippen LogP contribution in [0.2, 0.25) is 0 Å². The number of likely N-dealkylation sites (tertiary alicyclic amines) is 1. The summed E-state index contributed by atoms with van der Waals surface area (Å²) < 4.78 is 37.6. The van der Waals surface area contributed by atoms with Gasteiger partial charge in [0.15, 0.2) is 5.96 Å². The molecule has 0 radical (unpaired) electrons. The molecule has 2 rings (SSSR count). The summed E-state index contributed by atoms with van der Waals surface area (Å²) in [5.74, 6) is 0.481. The quantitative estimate of drug-likeness (QED) is 0.247. The van der Waals surface area contributed by atoms with Gasteiger partial charge in [0.25, 0.3) is 0 Å². The van der Waals surface area contributed by atoms with E-state index in [0.29, 0.717) is 44.3 Å². The largest absolute Gasteiger partial charge is 0.382 e. The molecule has 0 aliphatic carbocycles. The molecule has 1 aromatic rings. The summed E-state index contributed by atoms with van der Waals surface area (Å²) in [6, 6.07) is 3.53. The van der Waals surface area contributed by atoms with Gasteiger partial charge in [0.2, 0.25) is 0 Å². The first-order valence-electron chi connectivity index (χ1n) is 9.18. The van der Waals surface area contributed by atoms with Crippen molar-refractivity contribution < 1.29 is 18.3 Å². The first kappa shape index (κ1) is 24.0. The fourth-order valence-corrected chi connectivity index (χ4v) is 3.00. The van der Waals surface area contributed by atoms with Crippen molar-refractivity contribution in [2.75, 3.05) is 53.1 Å². The normalized spacial score (nSPS) is 17.1. The van der Waals surface area contributed by atoms with Crippen LogP contribution >= 0.6 is 24.0 Å². The molecule has 1 atom stereocenters. The highest BCUT2D eigenvalue weighted by Gasteiger charge is 2.24. The van der Waals surface area contributed by atoms with E-state index in [1.807, 2.05) is 6.92 Å². The second-order valence-corrected chi connectivity index (χ2v) is 6.39. The van der Waals surface area contributed by atoms with E-state index in [4.69, 9.17) is 9.47 Å². The zero-order valence-electron chi connectivity index (χ0n) is 16.0. The Bertz CT molecular complexity index is 590. The van der Waals surface area contributed by atoms with Gasteiger partial charge in [-0.15, -0.1) is 24.0 Å². The van der Waals surface area contributed by atoms with Gasteiger partial charge in [0.05, 0.1) is 19.8 Å². The number of methoxy groups -OCH3 is 1. The van der Waals surface area contributed by atoms with Crippen molar-refractivity contribution in [3.63, 3.8) is 0 Å². The summed E-state index contributed by atoms with van der Waals surface area (Å²) in [5.41, 5.74) is 0.357. The number of aliphatic imine (C=N–C) groups is 1. The van der Waals surface area contributed by atoms with E-state index in [0.717, 1.165) is 44.1 Å². The van der Waals surface area contributed by atoms with Gasteiger partial charge in [-0.05, 0) is 43.5 Å². The highest BCUT2D eigenvalue weighted by molar-refractivity contribution is 14.0. The zero-order chi connectivity index (χ0) is 18.8. The van der Waals surface area contributed by atoms with Crippen LogP contribution in [0.3, 0.4) is 0 Å². The average Bonchev–Trinajstić information content (AvgIpc) is 3.10. The third-order valence-electron chi connectivity index (χ3n) is 4.36. The van der Waals surface area contributed by atoms with Crippen LogP contribution in [0.5, 0.6) is 0 Å². The Labute approximate surface area is 177 Å². The Hall–Kier alpha value is -1.00. The number of ether oxygens (including phenoxy) is 2. The van der Waals surface area contributed by atoms with Crippen LogP contribution in [0.1, 0.15) is 18.9 Å². The number of rotatable bonds is 9. The molecule has 1 heterocycles. The molecule has 0 saturated carbocycles. The Morgan fingerprint density at radius 2 is 2.15 bits per heavy atom. The molecular formula is C19H30F2IN3O2. The van der Waals surface area contributed by atoms with Crippen LogP contribution in [-0.2, 0) is 15.9 Å². The lowest BCUT2D eigenvalue weighted by Gasteiger charge is -2.21. The van der Waals surface area contributed by atoms with Crippen LogP contribution in [0, 0.1) is 17.6 Å². The molecule has 154 valence electrons. The standard InChI is InChI=1S/C19H29F2N3O2.HI/c1-3-22-19(23-8-6-16-12-17(20)4-5-18(16)21)24-9-7-15(13-24)14-26-11-10-25-2;/h4-5,12,15H,3,6-11,13-14H2,1-2H3,(H,22,23);1H. The number of benzene rings is 1. The number of hydrogen-bond donors (Lipinski definition) is 1. The van der Waals surface area contributed by atoms with Gasteiger partial charge >= 0.3 is 0 Å². The Morgan fingerprint density at radius 1 is 1.33 bits per heavy atom. The Kier molecular flexibility index (Phi) is 11.8. The Morgan fingerprint density at radius 3 is 2.89 bits per heavy atom. The first-order chi connectivity index (χ1) is 12.6. The number of nitrogens with one attached hydrogen (secondary N) is 1. The molecule has 8 heteroatoms. The van der Waals surface area contributed by atoms with Crippen molar-refractivity contribution in [3.8, 4) is 0 Å². The van der Waals surface area contributed by atoms with Crippen LogP contribution in [0.4, 0.5) is 8.78 Å². The second kappa shape index (κ2) is 13.2. The van der Waals surface area contributed by atoms with Crippen molar-refractivity contribution in [2.45, 2.75) is 19.8 Å². The Balaban J connectivity index is 0.00000364. The third kappa shape index (κ3) is 8.27. The van der Waals surface area contributed by atoms with Gasteiger partial charge < -0.3 is 19.7 Å². The van der Waals surface area contributed by atoms with E-state index in [2.05, 4.69) is 15.2 Å². The molecule has 1 fully saturated rings. The van der Waals surface area contributed by atoms with E-state index in [-0.39, 0.29) is 29.8 Å². The highest BCUT2D eigenvalue weighted by Crippen LogP contribution is 2.17. The van der Waals surface area contributed by atoms with Gasteiger partial charge in [-0.3, -0.25) is 4.99 Å². The molecule has 1 aliphatic heterocycles. The lowest BCUT2D eigenvalue weighted by Crippen LogP contribution is -2.40. The van der Waals surface area contributed by atoms with Gasteiger partial charge in [0.1, 0.15) is 11.6 Å². The van der Waals surface area contributed by atoms with Gasteiger partial charge in [-0.2, -0.15) is 0 Å². The van der Waals surface area contributed by atoms with Gasteiger partial charge in [-0.1, -0.05) is 0 Å². The maximum absolute atomic E-state index is 13.7.